The minimum atomic E-state index is -0.194. The predicted molar refractivity (Wildman–Crippen MR) is 139 cm³/mol. The number of rotatable bonds is 7. The van der Waals surface area contributed by atoms with Gasteiger partial charge < -0.3 is 4.90 Å². The number of aromatic nitrogens is 2. The average molecular weight is 449 g/mol. The van der Waals surface area contributed by atoms with E-state index in [2.05, 4.69) is 111 Å². The van der Waals surface area contributed by atoms with E-state index in [0.29, 0.717) is 0 Å². The van der Waals surface area contributed by atoms with Crippen LogP contribution in [0.4, 0.5) is 5.95 Å². The summed E-state index contributed by atoms with van der Waals surface area (Å²) < 4.78 is 0. The lowest BCUT2D eigenvalue weighted by atomic mass is 9.67. The molecule has 1 aliphatic heterocycles. The van der Waals surface area contributed by atoms with Crippen molar-refractivity contribution in [2.45, 2.75) is 18.8 Å². The third-order valence-corrected chi connectivity index (χ3v) is 7.04. The number of hydrogen-bond donors (Lipinski definition) is 0. The summed E-state index contributed by atoms with van der Waals surface area (Å²) in [6.07, 6.45) is 2.88. The number of anilines is 1. The smallest absolute Gasteiger partial charge is 0.225 e. The maximum atomic E-state index is 4.62. The van der Waals surface area contributed by atoms with E-state index < -0.39 is 0 Å². The van der Waals surface area contributed by atoms with Gasteiger partial charge in [0, 0.05) is 43.5 Å². The molecule has 0 radical (unpaired) electrons. The fourth-order valence-corrected chi connectivity index (χ4v) is 5.19. The number of piperazine rings is 1. The van der Waals surface area contributed by atoms with Gasteiger partial charge in [0.2, 0.25) is 5.95 Å². The van der Waals surface area contributed by atoms with E-state index in [0.717, 1.165) is 50.8 Å². The van der Waals surface area contributed by atoms with Gasteiger partial charge in [-0.2, -0.15) is 0 Å². The Balaban J connectivity index is 1.41. The second-order valence-electron chi connectivity index (χ2n) is 9.08. The largest absolute Gasteiger partial charge is 0.338 e. The van der Waals surface area contributed by atoms with Crippen LogP contribution in [0.5, 0.6) is 0 Å². The van der Waals surface area contributed by atoms with Gasteiger partial charge >= 0.3 is 0 Å². The molecule has 1 aromatic heterocycles. The van der Waals surface area contributed by atoms with Crippen LogP contribution in [0.1, 0.15) is 28.8 Å². The van der Waals surface area contributed by atoms with Crippen molar-refractivity contribution in [1.29, 1.82) is 0 Å². The quantitative estimate of drug-likeness (QED) is 0.358. The fraction of sp³-hybridized carbons (Fsp3) is 0.267. The van der Waals surface area contributed by atoms with E-state index >= 15 is 0 Å². The van der Waals surface area contributed by atoms with Crippen LogP contribution in [0, 0.1) is 6.92 Å². The Kier molecular flexibility index (Phi) is 6.68. The van der Waals surface area contributed by atoms with Crippen molar-refractivity contribution in [2.24, 2.45) is 0 Å². The van der Waals surface area contributed by atoms with E-state index in [1.54, 1.807) is 0 Å². The topological polar surface area (TPSA) is 32.3 Å². The van der Waals surface area contributed by atoms with Crippen molar-refractivity contribution in [3.05, 3.63) is 126 Å². The number of aryl methyl sites for hydroxylation is 1. The molecule has 3 aromatic carbocycles. The Morgan fingerprint density at radius 1 is 0.676 bits per heavy atom. The van der Waals surface area contributed by atoms with Crippen LogP contribution in [-0.4, -0.2) is 47.6 Å². The van der Waals surface area contributed by atoms with Crippen molar-refractivity contribution in [3.8, 4) is 0 Å². The Hall–Kier alpha value is -3.50. The molecule has 34 heavy (non-hydrogen) atoms. The van der Waals surface area contributed by atoms with E-state index in [-0.39, 0.29) is 5.41 Å². The van der Waals surface area contributed by atoms with Crippen LogP contribution in [0.3, 0.4) is 0 Å². The lowest BCUT2D eigenvalue weighted by Gasteiger charge is -2.40. The molecule has 172 valence electrons. The molecule has 2 heterocycles. The predicted octanol–water partition coefficient (Wildman–Crippen LogP) is 5.33. The van der Waals surface area contributed by atoms with E-state index in [9.17, 15) is 0 Å². The molecule has 4 aromatic rings. The Bertz CT molecular complexity index is 1070. The normalized spacial score (nSPS) is 14.8. The summed E-state index contributed by atoms with van der Waals surface area (Å²) in [6.45, 7) is 7.01. The first kappa shape index (κ1) is 22.3. The van der Waals surface area contributed by atoms with E-state index in [1.165, 1.54) is 16.7 Å². The van der Waals surface area contributed by atoms with Gasteiger partial charge in [-0.1, -0.05) is 91.0 Å². The molecule has 1 fully saturated rings. The molecule has 1 aliphatic rings. The van der Waals surface area contributed by atoms with Crippen molar-refractivity contribution in [3.63, 3.8) is 0 Å². The molecule has 0 saturated carbocycles. The fourth-order valence-electron chi connectivity index (χ4n) is 5.19. The maximum absolute atomic E-state index is 4.62. The van der Waals surface area contributed by atoms with Gasteiger partial charge in [-0.3, -0.25) is 4.90 Å². The molecule has 1 saturated heterocycles. The number of benzene rings is 3. The number of hydrogen-bond acceptors (Lipinski definition) is 4. The number of nitrogens with zero attached hydrogens (tertiary/aromatic N) is 4. The Morgan fingerprint density at radius 2 is 1.18 bits per heavy atom. The maximum Gasteiger partial charge on any atom is 0.225 e. The standard InChI is InChI=1S/C30H32N4/c1-25-17-19-31-29(32-25)34-23-21-33(22-24-34)20-18-30(26-11-5-2-6-12-26,27-13-7-3-8-14-27)28-15-9-4-10-16-28/h2-17,19H,18,20-24H2,1H3. The van der Waals surface area contributed by atoms with Gasteiger partial charge in [0.05, 0.1) is 0 Å². The zero-order chi connectivity index (χ0) is 23.2. The summed E-state index contributed by atoms with van der Waals surface area (Å²) in [5, 5.41) is 0. The summed E-state index contributed by atoms with van der Waals surface area (Å²) in [5.41, 5.74) is 4.86. The van der Waals surface area contributed by atoms with Gasteiger partial charge in [0.1, 0.15) is 0 Å². The summed E-state index contributed by atoms with van der Waals surface area (Å²) in [4.78, 5) is 14.0. The zero-order valence-corrected chi connectivity index (χ0v) is 19.8. The molecule has 0 amide bonds. The molecule has 0 N–H and O–H groups in total. The molecule has 0 bridgehead atoms. The first-order valence-corrected chi connectivity index (χ1v) is 12.2. The molecule has 0 aliphatic carbocycles. The highest BCUT2D eigenvalue weighted by Crippen LogP contribution is 2.42. The molecule has 5 rings (SSSR count). The lowest BCUT2D eigenvalue weighted by molar-refractivity contribution is 0.241. The molecular weight excluding hydrogens is 416 g/mol. The summed E-state index contributed by atoms with van der Waals surface area (Å²) in [7, 11) is 0. The third kappa shape index (κ3) is 4.59. The highest BCUT2D eigenvalue weighted by atomic mass is 15.3. The van der Waals surface area contributed by atoms with Gasteiger partial charge in [0.15, 0.2) is 0 Å². The van der Waals surface area contributed by atoms with Gasteiger partial charge in [-0.25, -0.2) is 9.97 Å². The second-order valence-corrected chi connectivity index (χ2v) is 9.08. The van der Waals surface area contributed by atoms with E-state index in [4.69, 9.17) is 0 Å². The van der Waals surface area contributed by atoms with E-state index in [1.807, 2.05) is 19.2 Å². The molecule has 4 heteroatoms. The molecule has 4 nitrogen and oxygen atoms in total. The van der Waals surface area contributed by atoms with Crippen molar-refractivity contribution < 1.29 is 0 Å². The minimum Gasteiger partial charge on any atom is -0.338 e. The summed E-state index contributed by atoms with van der Waals surface area (Å²) in [6, 6.07) is 35.0. The van der Waals surface area contributed by atoms with Gasteiger partial charge in [-0.15, -0.1) is 0 Å². The van der Waals surface area contributed by atoms with Crippen molar-refractivity contribution in [1.82, 2.24) is 14.9 Å². The van der Waals surface area contributed by atoms with Crippen LogP contribution in [-0.2, 0) is 5.41 Å². The first-order valence-electron chi connectivity index (χ1n) is 12.2. The summed E-state index contributed by atoms with van der Waals surface area (Å²) >= 11 is 0. The highest BCUT2D eigenvalue weighted by molar-refractivity contribution is 5.50. The van der Waals surface area contributed by atoms with Gasteiger partial charge in [-0.05, 0) is 42.6 Å². The first-order chi connectivity index (χ1) is 16.8. The molecule has 0 spiro atoms. The van der Waals surface area contributed by atoms with Crippen molar-refractivity contribution >= 4 is 5.95 Å². The van der Waals surface area contributed by atoms with Crippen LogP contribution in [0.15, 0.2) is 103 Å². The minimum absolute atomic E-state index is 0.194. The molecule has 0 atom stereocenters. The summed E-state index contributed by atoms with van der Waals surface area (Å²) in [5.74, 6) is 0.854. The van der Waals surface area contributed by atoms with Crippen molar-refractivity contribution in [2.75, 3.05) is 37.6 Å². The zero-order valence-electron chi connectivity index (χ0n) is 19.8. The average Bonchev–Trinajstić information content (AvgIpc) is 2.91. The Morgan fingerprint density at radius 3 is 1.65 bits per heavy atom. The van der Waals surface area contributed by atoms with Gasteiger partial charge in [0.25, 0.3) is 0 Å². The second kappa shape index (κ2) is 10.2. The monoisotopic (exact) mass is 448 g/mol. The molecule has 0 unspecified atom stereocenters. The highest BCUT2D eigenvalue weighted by Gasteiger charge is 2.36. The SMILES string of the molecule is Cc1ccnc(N2CCN(CCC(c3ccccc3)(c3ccccc3)c3ccccc3)CC2)n1. The molecular formula is C30H32N4. The lowest BCUT2D eigenvalue weighted by Crippen LogP contribution is -2.48. The van der Waals surface area contributed by atoms with Crippen LogP contribution < -0.4 is 4.90 Å². The van der Waals surface area contributed by atoms with Crippen LogP contribution in [0.25, 0.3) is 0 Å². The third-order valence-electron chi connectivity index (χ3n) is 7.04. The van der Waals surface area contributed by atoms with Crippen LogP contribution >= 0.6 is 0 Å². The van der Waals surface area contributed by atoms with Crippen LogP contribution in [0.2, 0.25) is 0 Å². The Labute approximate surface area is 202 Å².